The molecule has 1 heterocycles. The molecule has 1 aromatic carbocycles. The van der Waals surface area contributed by atoms with Crippen molar-refractivity contribution < 1.29 is 13.2 Å². The van der Waals surface area contributed by atoms with E-state index in [0.29, 0.717) is 19.5 Å². The van der Waals surface area contributed by atoms with E-state index in [2.05, 4.69) is 0 Å². The Balaban J connectivity index is 1.82. The smallest absolute Gasteiger partial charge is 0.233 e. The van der Waals surface area contributed by atoms with Gasteiger partial charge in [-0.3, -0.25) is 4.79 Å². The molecule has 21 heavy (non-hydrogen) atoms. The van der Waals surface area contributed by atoms with Gasteiger partial charge in [0.05, 0.1) is 10.7 Å². The van der Waals surface area contributed by atoms with Crippen molar-refractivity contribution in [1.29, 1.82) is 0 Å². The van der Waals surface area contributed by atoms with E-state index in [4.69, 9.17) is 0 Å². The quantitative estimate of drug-likeness (QED) is 0.853. The monoisotopic (exact) mass is 307 g/mol. The third kappa shape index (κ3) is 2.48. The summed E-state index contributed by atoms with van der Waals surface area (Å²) in [6.07, 6.45) is 3.57. The maximum atomic E-state index is 12.9. The molecule has 0 bridgehead atoms. The highest BCUT2D eigenvalue weighted by molar-refractivity contribution is 7.91. The van der Waals surface area contributed by atoms with E-state index < -0.39 is 20.5 Å². The molecule has 5 heteroatoms. The van der Waals surface area contributed by atoms with Crippen LogP contribution in [-0.2, 0) is 20.0 Å². The first kappa shape index (κ1) is 14.6. The number of nitrogens with zero attached hydrogens (tertiary/aromatic N) is 1. The van der Waals surface area contributed by atoms with Gasteiger partial charge in [-0.15, -0.1) is 0 Å². The van der Waals surface area contributed by atoms with E-state index in [1.165, 1.54) is 6.26 Å². The minimum absolute atomic E-state index is 0.114. The predicted octanol–water partition coefficient (Wildman–Crippen LogP) is 1.67. The Morgan fingerprint density at radius 2 is 1.95 bits per heavy atom. The number of carbonyl (C=O) groups excluding carboxylic acids is 1. The summed E-state index contributed by atoms with van der Waals surface area (Å²) < 4.78 is 23.3. The molecule has 2 fully saturated rings. The lowest BCUT2D eigenvalue weighted by Crippen LogP contribution is -2.39. The molecule has 0 aromatic heterocycles. The predicted molar refractivity (Wildman–Crippen MR) is 81.9 cm³/mol. The number of carbonyl (C=O) groups is 1. The summed E-state index contributed by atoms with van der Waals surface area (Å²) in [5, 5.41) is -0.394. The normalized spacial score (nSPS) is 24.1. The van der Waals surface area contributed by atoms with Crippen LogP contribution in [0.2, 0.25) is 0 Å². The molecule has 0 spiro atoms. The molecule has 1 saturated heterocycles. The molecule has 0 radical (unpaired) electrons. The van der Waals surface area contributed by atoms with Crippen LogP contribution >= 0.6 is 0 Å². The van der Waals surface area contributed by atoms with Crippen molar-refractivity contribution in [3.05, 3.63) is 35.4 Å². The lowest BCUT2D eigenvalue weighted by Gasteiger charge is -2.24. The number of benzene rings is 1. The minimum Gasteiger partial charge on any atom is -0.341 e. The number of rotatable bonds is 3. The van der Waals surface area contributed by atoms with Crippen LogP contribution in [0.25, 0.3) is 0 Å². The highest BCUT2D eigenvalue weighted by Crippen LogP contribution is 2.51. The first-order valence-corrected chi connectivity index (χ1v) is 9.34. The lowest BCUT2D eigenvalue weighted by atomic mass is 9.90. The lowest BCUT2D eigenvalue weighted by molar-refractivity contribution is -0.132. The molecule has 114 valence electrons. The van der Waals surface area contributed by atoms with Crippen molar-refractivity contribution in [2.24, 2.45) is 0 Å². The van der Waals surface area contributed by atoms with Gasteiger partial charge >= 0.3 is 0 Å². The van der Waals surface area contributed by atoms with Crippen LogP contribution in [0, 0.1) is 6.92 Å². The Kier molecular flexibility index (Phi) is 3.35. The van der Waals surface area contributed by atoms with Crippen molar-refractivity contribution in [1.82, 2.24) is 4.90 Å². The zero-order valence-corrected chi connectivity index (χ0v) is 13.3. The summed E-state index contributed by atoms with van der Waals surface area (Å²) in [6.45, 7) is 2.95. The number of likely N-dealkylation sites (tertiary alicyclic amines) is 1. The second-order valence-electron chi connectivity index (χ2n) is 6.39. The summed E-state index contributed by atoms with van der Waals surface area (Å²) in [7, 11) is -3.06. The summed E-state index contributed by atoms with van der Waals surface area (Å²) in [4.78, 5) is 14.6. The topological polar surface area (TPSA) is 54.5 Å². The zero-order valence-electron chi connectivity index (χ0n) is 12.5. The third-order valence-electron chi connectivity index (χ3n) is 4.86. The molecule has 0 N–H and O–H groups in total. The molecule has 1 unspecified atom stereocenters. The molecular weight excluding hydrogens is 286 g/mol. The van der Waals surface area contributed by atoms with Crippen LogP contribution in [0.5, 0.6) is 0 Å². The third-order valence-corrected chi connectivity index (χ3v) is 6.45. The number of hydrogen-bond acceptors (Lipinski definition) is 3. The SMILES string of the molecule is Cc1ccccc1C1(C(=O)N2CCC(S(C)(=O)=O)C2)CC1. The standard InChI is InChI=1S/C16H21NO3S/c1-12-5-3-4-6-14(12)16(8-9-16)15(18)17-10-7-13(11-17)21(2,19)20/h3-6,13H,7-11H2,1-2H3. The molecule has 1 aliphatic heterocycles. The van der Waals surface area contributed by atoms with E-state index in [0.717, 1.165) is 24.0 Å². The number of hydrogen-bond donors (Lipinski definition) is 0. The molecule has 1 amide bonds. The van der Waals surface area contributed by atoms with Gasteiger partial charge in [-0.2, -0.15) is 0 Å². The fraction of sp³-hybridized carbons (Fsp3) is 0.562. The summed E-state index contributed by atoms with van der Waals surface area (Å²) in [6, 6.07) is 8.02. The second-order valence-corrected chi connectivity index (χ2v) is 8.71. The maximum Gasteiger partial charge on any atom is 0.233 e. The molecule has 4 nitrogen and oxygen atoms in total. The second kappa shape index (κ2) is 4.83. The number of aryl methyl sites for hydroxylation is 1. The van der Waals surface area contributed by atoms with Gasteiger partial charge in [-0.05, 0) is 37.3 Å². The molecular formula is C16H21NO3S. The van der Waals surface area contributed by atoms with E-state index in [1.54, 1.807) is 4.90 Å². The summed E-state index contributed by atoms with van der Waals surface area (Å²) >= 11 is 0. The van der Waals surface area contributed by atoms with Gasteiger partial charge in [-0.1, -0.05) is 24.3 Å². The van der Waals surface area contributed by atoms with Crippen LogP contribution in [0.4, 0.5) is 0 Å². The Morgan fingerprint density at radius 3 is 2.48 bits per heavy atom. The Bertz CT molecular complexity index is 677. The average molecular weight is 307 g/mol. The van der Waals surface area contributed by atoms with Crippen LogP contribution < -0.4 is 0 Å². The van der Waals surface area contributed by atoms with Crippen LogP contribution in [0.15, 0.2) is 24.3 Å². The number of sulfone groups is 1. The molecule has 3 rings (SSSR count). The van der Waals surface area contributed by atoms with E-state index in [-0.39, 0.29) is 5.91 Å². The van der Waals surface area contributed by atoms with Crippen molar-refractivity contribution in [3.8, 4) is 0 Å². The minimum atomic E-state index is -3.06. The van der Waals surface area contributed by atoms with E-state index in [9.17, 15) is 13.2 Å². The van der Waals surface area contributed by atoms with Gasteiger partial charge in [0, 0.05) is 19.3 Å². The fourth-order valence-corrected chi connectivity index (χ4v) is 4.38. The molecule has 2 aliphatic rings. The zero-order chi connectivity index (χ0) is 15.3. The first-order valence-electron chi connectivity index (χ1n) is 7.39. The fourth-order valence-electron chi connectivity index (χ4n) is 3.40. The van der Waals surface area contributed by atoms with Crippen molar-refractivity contribution in [3.63, 3.8) is 0 Å². The molecule has 1 saturated carbocycles. The highest BCUT2D eigenvalue weighted by atomic mass is 32.2. The van der Waals surface area contributed by atoms with Gasteiger partial charge in [0.25, 0.3) is 0 Å². The van der Waals surface area contributed by atoms with Crippen molar-refractivity contribution >= 4 is 15.7 Å². The van der Waals surface area contributed by atoms with Crippen LogP contribution in [0.1, 0.15) is 30.4 Å². The van der Waals surface area contributed by atoms with E-state index >= 15 is 0 Å². The summed E-state index contributed by atoms with van der Waals surface area (Å²) in [5.41, 5.74) is 1.86. The van der Waals surface area contributed by atoms with Crippen LogP contribution in [0.3, 0.4) is 0 Å². The Labute approximate surface area is 126 Å². The highest BCUT2D eigenvalue weighted by Gasteiger charge is 2.54. The van der Waals surface area contributed by atoms with Crippen molar-refractivity contribution in [2.75, 3.05) is 19.3 Å². The number of amides is 1. The van der Waals surface area contributed by atoms with Gasteiger partial charge in [0.15, 0.2) is 9.84 Å². The first-order chi connectivity index (χ1) is 9.84. The van der Waals surface area contributed by atoms with Gasteiger partial charge in [0.1, 0.15) is 0 Å². The Morgan fingerprint density at radius 1 is 1.29 bits per heavy atom. The Hall–Kier alpha value is -1.36. The van der Waals surface area contributed by atoms with Gasteiger partial charge in [-0.25, -0.2) is 8.42 Å². The summed E-state index contributed by atoms with van der Waals surface area (Å²) in [5.74, 6) is 0.114. The maximum absolute atomic E-state index is 12.9. The molecule has 1 atom stereocenters. The van der Waals surface area contributed by atoms with Crippen molar-refractivity contribution in [2.45, 2.75) is 36.9 Å². The van der Waals surface area contributed by atoms with Crippen LogP contribution in [-0.4, -0.2) is 43.8 Å². The van der Waals surface area contributed by atoms with Gasteiger partial charge < -0.3 is 4.90 Å². The van der Waals surface area contributed by atoms with Gasteiger partial charge in [0.2, 0.25) is 5.91 Å². The average Bonchev–Trinajstić information content (AvgIpc) is 3.06. The van der Waals surface area contributed by atoms with E-state index in [1.807, 2.05) is 31.2 Å². The largest absolute Gasteiger partial charge is 0.341 e. The molecule has 1 aliphatic carbocycles. The molecule has 1 aromatic rings.